The molecule has 0 fully saturated rings. The van der Waals surface area contributed by atoms with Gasteiger partial charge in [-0.25, -0.2) is 4.79 Å². The summed E-state index contributed by atoms with van der Waals surface area (Å²) < 4.78 is 15.6. The smallest absolute Gasteiger partial charge is 0.340 e. The van der Waals surface area contributed by atoms with E-state index in [1.54, 1.807) is 24.3 Å². The molecule has 6 nitrogen and oxygen atoms in total. The SMILES string of the molecule is COc1ccc(NC(=O)[C@H](C)OC(=O)c2cc(C)sc2C)cc1OC. The number of rotatable bonds is 6. The van der Waals surface area contributed by atoms with Crippen LogP contribution in [0.5, 0.6) is 11.5 Å². The highest BCUT2D eigenvalue weighted by Gasteiger charge is 2.21. The lowest BCUT2D eigenvalue weighted by molar-refractivity contribution is -0.123. The van der Waals surface area contributed by atoms with Crippen molar-refractivity contribution in [3.8, 4) is 11.5 Å². The fraction of sp³-hybridized carbons (Fsp3) is 0.333. The van der Waals surface area contributed by atoms with Gasteiger partial charge in [-0.2, -0.15) is 0 Å². The number of hydrogen-bond donors (Lipinski definition) is 1. The van der Waals surface area contributed by atoms with E-state index in [0.29, 0.717) is 22.7 Å². The Hall–Kier alpha value is -2.54. The molecule has 2 aromatic rings. The molecule has 0 radical (unpaired) electrons. The molecule has 2 rings (SSSR count). The molecule has 0 aliphatic rings. The summed E-state index contributed by atoms with van der Waals surface area (Å²) in [4.78, 5) is 26.4. The lowest BCUT2D eigenvalue weighted by atomic mass is 10.2. The predicted octanol–water partition coefficient (Wildman–Crippen LogP) is 3.57. The van der Waals surface area contributed by atoms with E-state index in [0.717, 1.165) is 9.75 Å². The number of carbonyl (C=O) groups excluding carboxylic acids is 2. The van der Waals surface area contributed by atoms with Crippen molar-refractivity contribution < 1.29 is 23.8 Å². The largest absolute Gasteiger partial charge is 0.493 e. The van der Waals surface area contributed by atoms with Gasteiger partial charge in [-0.1, -0.05) is 0 Å². The second-order valence-corrected chi connectivity index (χ2v) is 6.89. The van der Waals surface area contributed by atoms with Gasteiger partial charge < -0.3 is 19.5 Å². The molecule has 1 aromatic carbocycles. The standard InChI is InChI=1S/C18H21NO5S/c1-10-8-14(12(3)25-10)18(21)24-11(2)17(20)19-13-6-7-15(22-4)16(9-13)23-5/h6-9,11H,1-5H3,(H,19,20)/t11-/m0/s1. The van der Waals surface area contributed by atoms with Crippen LogP contribution in [0.15, 0.2) is 24.3 Å². The summed E-state index contributed by atoms with van der Waals surface area (Å²) in [6, 6.07) is 6.77. The van der Waals surface area contributed by atoms with Crippen LogP contribution >= 0.6 is 11.3 Å². The molecule has 25 heavy (non-hydrogen) atoms. The number of nitrogens with one attached hydrogen (secondary N) is 1. The van der Waals surface area contributed by atoms with Crippen LogP contribution in [0.1, 0.15) is 27.0 Å². The third-order valence-electron chi connectivity index (χ3n) is 3.57. The number of esters is 1. The molecule has 1 atom stereocenters. The summed E-state index contributed by atoms with van der Waals surface area (Å²) in [6.45, 7) is 5.30. The predicted molar refractivity (Wildman–Crippen MR) is 96.8 cm³/mol. The first-order chi connectivity index (χ1) is 11.8. The van der Waals surface area contributed by atoms with Gasteiger partial charge in [0.1, 0.15) is 0 Å². The van der Waals surface area contributed by atoms with Crippen molar-refractivity contribution >= 4 is 28.9 Å². The van der Waals surface area contributed by atoms with Crippen molar-refractivity contribution in [1.29, 1.82) is 0 Å². The van der Waals surface area contributed by atoms with Gasteiger partial charge in [0.05, 0.1) is 19.8 Å². The van der Waals surface area contributed by atoms with Gasteiger partial charge in [0.2, 0.25) is 0 Å². The van der Waals surface area contributed by atoms with E-state index in [-0.39, 0.29) is 0 Å². The van der Waals surface area contributed by atoms with Gasteiger partial charge in [0, 0.05) is 21.5 Å². The van der Waals surface area contributed by atoms with Gasteiger partial charge in [-0.15, -0.1) is 11.3 Å². The van der Waals surface area contributed by atoms with Crippen molar-refractivity contribution in [3.63, 3.8) is 0 Å². The second kappa shape index (κ2) is 8.02. The molecule has 1 heterocycles. The molecule has 7 heteroatoms. The molecular formula is C18H21NO5S. The summed E-state index contributed by atoms with van der Waals surface area (Å²) in [5.41, 5.74) is 1.02. The first-order valence-electron chi connectivity index (χ1n) is 7.66. The van der Waals surface area contributed by atoms with Crippen molar-refractivity contribution in [2.75, 3.05) is 19.5 Å². The Morgan fingerprint density at radius 1 is 1.08 bits per heavy atom. The molecule has 0 saturated heterocycles. The fourth-order valence-electron chi connectivity index (χ4n) is 2.27. The molecule has 0 spiro atoms. The zero-order valence-electron chi connectivity index (χ0n) is 14.8. The maximum atomic E-state index is 12.3. The number of methoxy groups -OCH3 is 2. The average molecular weight is 363 g/mol. The zero-order chi connectivity index (χ0) is 18.6. The number of aryl methyl sites for hydroxylation is 2. The summed E-state index contributed by atoms with van der Waals surface area (Å²) in [6.07, 6.45) is -0.930. The molecule has 0 unspecified atom stereocenters. The first kappa shape index (κ1) is 18.8. The zero-order valence-corrected chi connectivity index (χ0v) is 15.7. The molecule has 1 aromatic heterocycles. The van der Waals surface area contributed by atoms with Crippen molar-refractivity contribution in [1.82, 2.24) is 0 Å². The Labute approximate surface area is 150 Å². The Balaban J connectivity index is 2.03. The van der Waals surface area contributed by atoms with Crippen LogP contribution in [0.3, 0.4) is 0 Å². The number of thiophene rings is 1. The highest BCUT2D eigenvalue weighted by molar-refractivity contribution is 7.12. The average Bonchev–Trinajstić information content (AvgIpc) is 2.93. The lowest BCUT2D eigenvalue weighted by Gasteiger charge is -2.14. The van der Waals surface area contributed by atoms with Gasteiger partial charge in [-0.3, -0.25) is 4.79 Å². The third-order valence-corrected chi connectivity index (χ3v) is 4.53. The number of carbonyl (C=O) groups is 2. The molecule has 1 N–H and O–H groups in total. The number of anilines is 1. The number of amides is 1. The molecule has 0 aliphatic heterocycles. The van der Waals surface area contributed by atoms with Crippen LogP contribution in [0.2, 0.25) is 0 Å². The monoisotopic (exact) mass is 363 g/mol. The van der Waals surface area contributed by atoms with E-state index < -0.39 is 18.0 Å². The maximum absolute atomic E-state index is 12.3. The van der Waals surface area contributed by atoms with E-state index in [1.165, 1.54) is 32.5 Å². The van der Waals surface area contributed by atoms with Crippen molar-refractivity contribution in [2.45, 2.75) is 26.9 Å². The van der Waals surface area contributed by atoms with Gasteiger partial charge >= 0.3 is 5.97 Å². The summed E-state index contributed by atoms with van der Waals surface area (Å²) in [5.74, 6) is 0.125. The Morgan fingerprint density at radius 3 is 2.32 bits per heavy atom. The molecule has 0 aliphatic carbocycles. The van der Waals surface area contributed by atoms with E-state index in [1.807, 2.05) is 13.8 Å². The van der Waals surface area contributed by atoms with Gasteiger partial charge in [0.25, 0.3) is 5.91 Å². The van der Waals surface area contributed by atoms with Crippen LogP contribution in [-0.2, 0) is 9.53 Å². The third kappa shape index (κ3) is 4.51. The Kier molecular flexibility index (Phi) is 6.03. The van der Waals surface area contributed by atoms with Crippen LogP contribution in [0, 0.1) is 13.8 Å². The normalized spacial score (nSPS) is 11.6. The topological polar surface area (TPSA) is 73.9 Å². The van der Waals surface area contributed by atoms with E-state index >= 15 is 0 Å². The summed E-state index contributed by atoms with van der Waals surface area (Å²) in [5, 5.41) is 2.70. The van der Waals surface area contributed by atoms with E-state index in [2.05, 4.69) is 5.32 Å². The minimum Gasteiger partial charge on any atom is -0.493 e. The quantitative estimate of drug-likeness (QED) is 0.794. The number of ether oxygens (including phenoxy) is 3. The van der Waals surface area contributed by atoms with Crippen LogP contribution in [-0.4, -0.2) is 32.2 Å². The molecule has 0 bridgehead atoms. The number of hydrogen-bond acceptors (Lipinski definition) is 6. The Morgan fingerprint density at radius 2 is 1.76 bits per heavy atom. The van der Waals surface area contributed by atoms with Crippen molar-refractivity contribution in [3.05, 3.63) is 39.6 Å². The van der Waals surface area contributed by atoms with Crippen LogP contribution in [0.25, 0.3) is 0 Å². The van der Waals surface area contributed by atoms with Crippen LogP contribution in [0.4, 0.5) is 5.69 Å². The summed E-state index contributed by atoms with van der Waals surface area (Å²) >= 11 is 1.52. The van der Waals surface area contributed by atoms with E-state index in [4.69, 9.17) is 14.2 Å². The first-order valence-corrected chi connectivity index (χ1v) is 8.48. The minimum atomic E-state index is -0.930. The summed E-state index contributed by atoms with van der Waals surface area (Å²) in [7, 11) is 3.05. The molecule has 1 amide bonds. The molecule has 0 saturated carbocycles. The van der Waals surface area contributed by atoms with Gasteiger partial charge in [-0.05, 0) is 39.0 Å². The fourth-order valence-corrected chi connectivity index (χ4v) is 3.18. The molecular weight excluding hydrogens is 342 g/mol. The van der Waals surface area contributed by atoms with E-state index in [9.17, 15) is 9.59 Å². The maximum Gasteiger partial charge on any atom is 0.340 e. The van der Waals surface area contributed by atoms with Gasteiger partial charge in [0.15, 0.2) is 17.6 Å². The Bertz CT molecular complexity index is 784. The number of benzene rings is 1. The lowest BCUT2D eigenvalue weighted by Crippen LogP contribution is -2.30. The highest BCUT2D eigenvalue weighted by Crippen LogP contribution is 2.29. The van der Waals surface area contributed by atoms with Crippen LogP contribution < -0.4 is 14.8 Å². The van der Waals surface area contributed by atoms with Crippen molar-refractivity contribution in [2.24, 2.45) is 0 Å². The highest BCUT2D eigenvalue weighted by atomic mass is 32.1. The minimum absolute atomic E-state index is 0.426. The molecule has 134 valence electrons. The second-order valence-electron chi connectivity index (χ2n) is 5.43.